The molecule has 0 N–H and O–H groups in total. The molecule has 17 heavy (non-hydrogen) atoms. The van der Waals surface area contributed by atoms with Gasteiger partial charge >= 0.3 is 0 Å². The summed E-state index contributed by atoms with van der Waals surface area (Å²) < 4.78 is 5.26. The number of fused-ring (bicyclic) bond motifs is 1. The predicted octanol–water partition coefficient (Wildman–Crippen LogP) is 4.60. The number of alkyl halides is 1. The molecule has 0 aliphatic carbocycles. The molecular formula is C12H10Cl3NO. The van der Waals surface area contributed by atoms with Crippen LogP contribution < -0.4 is 4.74 Å². The SMILES string of the molecule is COc1c(Cl)cc(C)c2cc(CCl)c(Cl)nc12. The molecule has 1 aromatic heterocycles. The number of benzene rings is 1. The number of ether oxygens (including phenoxy) is 1. The first-order valence-corrected chi connectivity index (χ1v) is 6.25. The van der Waals surface area contributed by atoms with Crippen LogP contribution in [0.2, 0.25) is 10.2 Å². The Labute approximate surface area is 114 Å². The molecule has 90 valence electrons. The van der Waals surface area contributed by atoms with Crippen molar-refractivity contribution >= 4 is 45.7 Å². The molecular weight excluding hydrogens is 280 g/mol. The van der Waals surface area contributed by atoms with Gasteiger partial charge in [0.1, 0.15) is 10.7 Å². The highest BCUT2D eigenvalue weighted by Gasteiger charge is 2.13. The molecule has 2 nitrogen and oxygen atoms in total. The average molecular weight is 291 g/mol. The zero-order valence-electron chi connectivity index (χ0n) is 9.35. The van der Waals surface area contributed by atoms with Crippen molar-refractivity contribution in [2.75, 3.05) is 7.11 Å². The summed E-state index contributed by atoms with van der Waals surface area (Å²) in [5.41, 5.74) is 2.48. The highest BCUT2D eigenvalue weighted by atomic mass is 35.5. The Morgan fingerprint density at radius 1 is 1.29 bits per heavy atom. The lowest BCUT2D eigenvalue weighted by Gasteiger charge is -2.11. The highest BCUT2D eigenvalue weighted by molar-refractivity contribution is 6.34. The molecule has 0 fully saturated rings. The van der Waals surface area contributed by atoms with Gasteiger partial charge in [-0.15, -0.1) is 11.6 Å². The van der Waals surface area contributed by atoms with Crippen LogP contribution in [0.1, 0.15) is 11.1 Å². The summed E-state index contributed by atoms with van der Waals surface area (Å²) >= 11 is 18.0. The lowest BCUT2D eigenvalue weighted by Crippen LogP contribution is -1.94. The molecule has 0 spiro atoms. The molecule has 1 heterocycles. The van der Waals surface area contributed by atoms with Gasteiger partial charge in [0.05, 0.1) is 18.0 Å². The smallest absolute Gasteiger partial charge is 0.163 e. The normalized spacial score (nSPS) is 10.9. The molecule has 0 atom stereocenters. The van der Waals surface area contributed by atoms with Crippen molar-refractivity contribution in [1.29, 1.82) is 0 Å². The van der Waals surface area contributed by atoms with Crippen LogP contribution in [0.3, 0.4) is 0 Å². The lowest BCUT2D eigenvalue weighted by atomic mass is 10.1. The second kappa shape index (κ2) is 4.89. The number of methoxy groups -OCH3 is 1. The van der Waals surface area contributed by atoms with Gasteiger partial charge in [-0.25, -0.2) is 4.98 Å². The van der Waals surface area contributed by atoms with Crippen LogP contribution >= 0.6 is 34.8 Å². The van der Waals surface area contributed by atoms with Gasteiger partial charge in [-0.1, -0.05) is 23.2 Å². The maximum atomic E-state index is 6.10. The number of nitrogens with zero attached hydrogens (tertiary/aromatic N) is 1. The van der Waals surface area contributed by atoms with Crippen LogP contribution in [0.5, 0.6) is 5.75 Å². The van der Waals surface area contributed by atoms with Gasteiger partial charge in [0.2, 0.25) is 0 Å². The van der Waals surface area contributed by atoms with E-state index in [2.05, 4.69) is 4.98 Å². The van der Waals surface area contributed by atoms with Gasteiger partial charge < -0.3 is 4.74 Å². The molecule has 0 amide bonds. The largest absolute Gasteiger partial charge is 0.493 e. The molecule has 0 aliphatic rings. The molecule has 0 saturated carbocycles. The summed E-state index contributed by atoms with van der Waals surface area (Å²) in [6, 6.07) is 3.77. The van der Waals surface area contributed by atoms with E-state index < -0.39 is 0 Å². The quantitative estimate of drug-likeness (QED) is 0.596. The highest BCUT2D eigenvalue weighted by Crippen LogP contribution is 2.36. The number of aryl methyl sites for hydroxylation is 1. The number of hydrogen-bond acceptors (Lipinski definition) is 2. The first kappa shape index (κ1) is 12.7. The van der Waals surface area contributed by atoms with Crippen LogP contribution in [0, 0.1) is 6.92 Å². The fourth-order valence-electron chi connectivity index (χ4n) is 1.74. The number of aromatic nitrogens is 1. The summed E-state index contributed by atoms with van der Waals surface area (Å²) in [4.78, 5) is 4.31. The van der Waals surface area contributed by atoms with Crippen molar-refractivity contribution in [2.45, 2.75) is 12.8 Å². The summed E-state index contributed by atoms with van der Waals surface area (Å²) in [5.74, 6) is 0.863. The van der Waals surface area contributed by atoms with Crippen molar-refractivity contribution in [3.05, 3.63) is 33.4 Å². The monoisotopic (exact) mass is 289 g/mol. The molecule has 0 bridgehead atoms. The van der Waals surface area contributed by atoms with E-state index in [4.69, 9.17) is 39.5 Å². The standard InChI is InChI=1S/C12H10Cl3NO/c1-6-3-9(14)11(17-2)10-8(6)4-7(5-13)12(15)16-10/h3-4H,5H2,1-2H3. The second-order valence-electron chi connectivity index (χ2n) is 3.68. The van der Waals surface area contributed by atoms with E-state index in [1.165, 1.54) is 0 Å². The molecule has 2 rings (SSSR count). The van der Waals surface area contributed by atoms with Crippen molar-refractivity contribution in [3.8, 4) is 5.75 Å². The van der Waals surface area contributed by atoms with Gasteiger partial charge in [0.15, 0.2) is 5.75 Å². The number of pyridine rings is 1. The van der Waals surface area contributed by atoms with Crippen molar-refractivity contribution in [3.63, 3.8) is 0 Å². The third kappa shape index (κ3) is 2.17. The first-order chi connectivity index (χ1) is 8.08. The lowest BCUT2D eigenvalue weighted by molar-refractivity contribution is 0.419. The van der Waals surface area contributed by atoms with E-state index in [1.807, 2.05) is 19.1 Å². The third-order valence-electron chi connectivity index (χ3n) is 2.60. The first-order valence-electron chi connectivity index (χ1n) is 4.96. The van der Waals surface area contributed by atoms with Crippen LogP contribution in [0.15, 0.2) is 12.1 Å². The number of hydrogen-bond donors (Lipinski definition) is 0. The minimum Gasteiger partial charge on any atom is -0.493 e. The Kier molecular flexibility index (Phi) is 3.67. The molecule has 0 aliphatic heterocycles. The number of halogens is 3. The molecule has 0 radical (unpaired) electrons. The van der Waals surface area contributed by atoms with Crippen LogP contribution in [0.4, 0.5) is 0 Å². The number of rotatable bonds is 2. The fourth-order valence-corrected chi connectivity index (χ4v) is 2.55. The zero-order chi connectivity index (χ0) is 12.6. The Hall–Kier alpha value is -0.700. The average Bonchev–Trinajstić information content (AvgIpc) is 2.29. The predicted molar refractivity (Wildman–Crippen MR) is 72.6 cm³/mol. The summed E-state index contributed by atoms with van der Waals surface area (Å²) in [6.07, 6.45) is 0. The van der Waals surface area contributed by atoms with Crippen molar-refractivity contribution < 1.29 is 4.74 Å². The van der Waals surface area contributed by atoms with E-state index in [1.54, 1.807) is 7.11 Å². The molecule has 2 aromatic rings. The van der Waals surface area contributed by atoms with Crippen molar-refractivity contribution in [1.82, 2.24) is 4.98 Å². The maximum absolute atomic E-state index is 6.10. The third-order valence-corrected chi connectivity index (χ3v) is 3.49. The van der Waals surface area contributed by atoms with Gasteiger partial charge in [-0.2, -0.15) is 0 Å². The molecule has 1 aromatic carbocycles. The van der Waals surface area contributed by atoms with E-state index in [-0.39, 0.29) is 0 Å². The Morgan fingerprint density at radius 2 is 2.00 bits per heavy atom. The van der Waals surface area contributed by atoms with Crippen LogP contribution in [-0.4, -0.2) is 12.1 Å². The Morgan fingerprint density at radius 3 is 2.59 bits per heavy atom. The minimum atomic E-state index is 0.326. The van der Waals surface area contributed by atoms with Crippen molar-refractivity contribution in [2.24, 2.45) is 0 Å². The van der Waals surface area contributed by atoms with E-state index >= 15 is 0 Å². The van der Waals surface area contributed by atoms with E-state index in [9.17, 15) is 0 Å². The Balaban J connectivity index is 2.88. The fraction of sp³-hybridized carbons (Fsp3) is 0.250. The summed E-state index contributed by atoms with van der Waals surface area (Å²) in [7, 11) is 1.56. The summed E-state index contributed by atoms with van der Waals surface area (Å²) in [5, 5.41) is 1.86. The Bertz CT molecular complexity index is 584. The topological polar surface area (TPSA) is 22.1 Å². The maximum Gasteiger partial charge on any atom is 0.163 e. The van der Waals surface area contributed by atoms with Gasteiger partial charge in [0.25, 0.3) is 0 Å². The summed E-state index contributed by atoms with van der Waals surface area (Å²) in [6.45, 7) is 1.96. The second-order valence-corrected chi connectivity index (χ2v) is 4.71. The zero-order valence-corrected chi connectivity index (χ0v) is 11.6. The van der Waals surface area contributed by atoms with E-state index in [0.717, 1.165) is 16.5 Å². The van der Waals surface area contributed by atoms with E-state index in [0.29, 0.717) is 27.3 Å². The van der Waals surface area contributed by atoms with Crippen LogP contribution in [-0.2, 0) is 5.88 Å². The van der Waals surface area contributed by atoms with Gasteiger partial charge in [0, 0.05) is 10.9 Å². The van der Waals surface area contributed by atoms with Gasteiger partial charge in [-0.3, -0.25) is 0 Å². The molecule has 0 saturated heterocycles. The van der Waals surface area contributed by atoms with Crippen LogP contribution in [0.25, 0.3) is 10.9 Å². The molecule has 0 unspecified atom stereocenters. The van der Waals surface area contributed by atoms with Gasteiger partial charge in [-0.05, 0) is 24.6 Å². The molecule has 5 heteroatoms. The minimum absolute atomic E-state index is 0.326.